The molecule has 0 bridgehead atoms. The minimum Gasteiger partial charge on any atom is -0.361 e. The molecule has 2 aromatic heterocycles. The Morgan fingerprint density at radius 3 is 2.74 bits per heavy atom. The molecule has 0 spiro atoms. The highest BCUT2D eigenvalue weighted by atomic mass is 16.1. The van der Waals surface area contributed by atoms with Crippen molar-refractivity contribution in [2.24, 2.45) is 0 Å². The second kappa shape index (κ2) is 7.50. The predicted molar refractivity (Wildman–Crippen MR) is 108 cm³/mol. The number of aromatic nitrogens is 3. The van der Waals surface area contributed by atoms with E-state index in [1.165, 1.54) is 10.9 Å². The topological polar surface area (TPSA) is 62.7 Å². The van der Waals surface area contributed by atoms with Crippen LogP contribution in [0.4, 0.5) is 5.69 Å². The number of nitrogens with one attached hydrogen (secondary N) is 2. The lowest BCUT2D eigenvalue weighted by atomic mass is 10.1. The monoisotopic (exact) mass is 358 g/mol. The van der Waals surface area contributed by atoms with Crippen LogP contribution in [-0.4, -0.2) is 20.4 Å². The SMILES string of the molecule is Cc1nccn1-c1ccc(NC(=O)CCCc2c[nH]c3ccccc23)cc1. The first kappa shape index (κ1) is 17.1. The van der Waals surface area contributed by atoms with Crippen LogP contribution in [0, 0.1) is 6.92 Å². The van der Waals surface area contributed by atoms with E-state index in [-0.39, 0.29) is 5.91 Å². The van der Waals surface area contributed by atoms with Gasteiger partial charge in [-0.25, -0.2) is 4.98 Å². The third kappa shape index (κ3) is 3.77. The highest BCUT2D eigenvalue weighted by Gasteiger charge is 2.07. The fraction of sp³-hybridized carbons (Fsp3) is 0.182. The number of imidazole rings is 1. The predicted octanol–water partition coefficient (Wildman–Crippen LogP) is 4.62. The molecule has 2 aromatic carbocycles. The molecule has 0 fully saturated rings. The van der Waals surface area contributed by atoms with E-state index in [2.05, 4.69) is 27.4 Å². The Hall–Kier alpha value is -3.34. The average molecular weight is 358 g/mol. The third-order valence-corrected chi connectivity index (χ3v) is 4.78. The van der Waals surface area contributed by atoms with Crippen LogP contribution in [0.15, 0.2) is 67.1 Å². The minimum absolute atomic E-state index is 0.0430. The molecule has 0 radical (unpaired) electrons. The molecule has 0 aliphatic carbocycles. The fourth-order valence-corrected chi connectivity index (χ4v) is 3.36. The lowest BCUT2D eigenvalue weighted by Crippen LogP contribution is -2.11. The molecule has 2 heterocycles. The number of para-hydroxylation sites is 1. The molecule has 0 saturated heterocycles. The highest BCUT2D eigenvalue weighted by Crippen LogP contribution is 2.20. The Bertz CT molecular complexity index is 1060. The van der Waals surface area contributed by atoms with Gasteiger partial charge in [0.2, 0.25) is 5.91 Å². The van der Waals surface area contributed by atoms with Gasteiger partial charge in [-0.2, -0.15) is 0 Å². The molecule has 0 atom stereocenters. The van der Waals surface area contributed by atoms with Crippen molar-refractivity contribution in [2.45, 2.75) is 26.2 Å². The zero-order valence-electron chi connectivity index (χ0n) is 15.3. The number of carbonyl (C=O) groups excluding carboxylic acids is 1. The number of rotatable bonds is 6. The second-order valence-corrected chi connectivity index (χ2v) is 6.65. The van der Waals surface area contributed by atoms with Gasteiger partial charge in [-0.05, 0) is 55.7 Å². The van der Waals surface area contributed by atoms with Gasteiger partial charge in [-0.15, -0.1) is 0 Å². The van der Waals surface area contributed by atoms with Crippen molar-refractivity contribution in [3.8, 4) is 5.69 Å². The summed E-state index contributed by atoms with van der Waals surface area (Å²) in [7, 11) is 0. The number of amides is 1. The van der Waals surface area contributed by atoms with Gasteiger partial charge >= 0.3 is 0 Å². The first-order valence-corrected chi connectivity index (χ1v) is 9.16. The van der Waals surface area contributed by atoms with Crippen molar-refractivity contribution in [3.05, 3.63) is 78.5 Å². The van der Waals surface area contributed by atoms with E-state index in [1.807, 2.05) is 60.3 Å². The van der Waals surface area contributed by atoms with Crippen LogP contribution in [0.2, 0.25) is 0 Å². The molecule has 5 heteroatoms. The summed E-state index contributed by atoms with van der Waals surface area (Å²) >= 11 is 0. The van der Waals surface area contributed by atoms with Crippen molar-refractivity contribution in [3.63, 3.8) is 0 Å². The molecule has 136 valence electrons. The van der Waals surface area contributed by atoms with Crippen LogP contribution >= 0.6 is 0 Å². The van der Waals surface area contributed by atoms with Crippen molar-refractivity contribution in [1.29, 1.82) is 0 Å². The molecule has 27 heavy (non-hydrogen) atoms. The van der Waals surface area contributed by atoms with Crippen molar-refractivity contribution < 1.29 is 4.79 Å². The molecular formula is C22H22N4O. The molecule has 0 saturated carbocycles. The molecule has 5 nitrogen and oxygen atoms in total. The van der Waals surface area contributed by atoms with Gasteiger partial charge < -0.3 is 14.9 Å². The lowest BCUT2D eigenvalue weighted by Gasteiger charge is -2.08. The van der Waals surface area contributed by atoms with E-state index in [0.717, 1.165) is 35.6 Å². The smallest absolute Gasteiger partial charge is 0.224 e. The Kier molecular flexibility index (Phi) is 4.75. The van der Waals surface area contributed by atoms with Gasteiger partial charge in [-0.3, -0.25) is 4.79 Å². The van der Waals surface area contributed by atoms with Gasteiger partial charge in [-0.1, -0.05) is 18.2 Å². The largest absolute Gasteiger partial charge is 0.361 e. The summed E-state index contributed by atoms with van der Waals surface area (Å²) in [5, 5.41) is 4.21. The highest BCUT2D eigenvalue weighted by molar-refractivity contribution is 5.90. The van der Waals surface area contributed by atoms with E-state index < -0.39 is 0 Å². The Morgan fingerprint density at radius 1 is 1.15 bits per heavy atom. The van der Waals surface area contributed by atoms with Gasteiger partial charge in [0.1, 0.15) is 5.82 Å². The Balaban J connectivity index is 1.31. The maximum absolute atomic E-state index is 12.2. The number of hydrogen-bond acceptors (Lipinski definition) is 2. The summed E-state index contributed by atoms with van der Waals surface area (Å²) in [5.74, 6) is 0.977. The van der Waals surface area contributed by atoms with Crippen molar-refractivity contribution >= 4 is 22.5 Å². The average Bonchev–Trinajstić information content (AvgIpc) is 3.29. The number of aryl methyl sites for hydroxylation is 2. The first-order chi connectivity index (χ1) is 13.2. The quantitative estimate of drug-likeness (QED) is 0.528. The van der Waals surface area contributed by atoms with E-state index in [1.54, 1.807) is 6.20 Å². The maximum Gasteiger partial charge on any atom is 0.224 e. The first-order valence-electron chi connectivity index (χ1n) is 9.16. The summed E-state index contributed by atoms with van der Waals surface area (Å²) in [6.45, 7) is 1.96. The van der Waals surface area contributed by atoms with E-state index in [4.69, 9.17) is 0 Å². The van der Waals surface area contributed by atoms with E-state index in [9.17, 15) is 4.79 Å². The van der Waals surface area contributed by atoms with Crippen LogP contribution in [0.5, 0.6) is 0 Å². The Morgan fingerprint density at radius 2 is 1.96 bits per heavy atom. The number of aromatic amines is 1. The minimum atomic E-state index is 0.0430. The van der Waals surface area contributed by atoms with Gasteiger partial charge in [0.05, 0.1) is 0 Å². The van der Waals surface area contributed by atoms with Crippen LogP contribution in [0.25, 0.3) is 16.6 Å². The van der Waals surface area contributed by atoms with Crippen molar-refractivity contribution in [1.82, 2.24) is 14.5 Å². The molecule has 0 aliphatic heterocycles. The van der Waals surface area contributed by atoms with Gasteiger partial charge in [0.15, 0.2) is 0 Å². The van der Waals surface area contributed by atoms with Crippen LogP contribution in [-0.2, 0) is 11.2 Å². The maximum atomic E-state index is 12.2. The number of hydrogen-bond donors (Lipinski definition) is 2. The van der Waals surface area contributed by atoms with Gasteiger partial charge in [0.25, 0.3) is 0 Å². The fourth-order valence-electron chi connectivity index (χ4n) is 3.36. The lowest BCUT2D eigenvalue weighted by molar-refractivity contribution is -0.116. The van der Waals surface area contributed by atoms with Gasteiger partial charge in [0, 0.05) is 47.3 Å². The summed E-state index contributed by atoms with van der Waals surface area (Å²) in [6, 6.07) is 16.1. The normalized spacial score (nSPS) is 11.0. The van der Waals surface area contributed by atoms with Crippen LogP contribution in [0.3, 0.4) is 0 Å². The summed E-state index contributed by atoms with van der Waals surface area (Å²) in [5.41, 5.74) is 4.25. The summed E-state index contributed by atoms with van der Waals surface area (Å²) in [4.78, 5) is 19.7. The number of benzene rings is 2. The summed E-state index contributed by atoms with van der Waals surface area (Å²) < 4.78 is 2.01. The molecule has 0 unspecified atom stereocenters. The number of fused-ring (bicyclic) bond motifs is 1. The zero-order valence-corrected chi connectivity index (χ0v) is 15.3. The molecule has 1 amide bonds. The van der Waals surface area contributed by atoms with Crippen LogP contribution in [0.1, 0.15) is 24.2 Å². The Labute approximate surface area is 158 Å². The molecule has 4 aromatic rings. The number of carbonyl (C=O) groups is 1. The molecule has 4 rings (SSSR count). The summed E-state index contributed by atoms with van der Waals surface area (Å²) in [6.07, 6.45) is 7.95. The molecule has 2 N–H and O–H groups in total. The standard InChI is InChI=1S/C22H22N4O/c1-16-23-13-14-26(16)19-11-9-18(10-12-19)25-22(27)8-4-5-17-15-24-21-7-3-2-6-20(17)21/h2-3,6-7,9-15,24H,4-5,8H2,1H3,(H,25,27). The molecular weight excluding hydrogens is 336 g/mol. The number of nitrogens with zero attached hydrogens (tertiary/aromatic N) is 2. The molecule has 0 aliphatic rings. The van der Waals surface area contributed by atoms with E-state index >= 15 is 0 Å². The number of anilines is 1. The second-order valence-electron chi connectivity index (χ2n) is 6.65. The van der Waals surface area contributed by atoms with Crippen molar-refractivity contribution in [2.75, 3.05) is 5.32 Å². The third-order valence-electron chi connectivity index (χ3n) is 4.78. The number of H-pyrrole nitrogens is 1. The van der Waals surface area contributed by atoms with Crippen LogP contribution < -0.4 is 5.32 Å². The van der Waals surface area contributed by atoms with E-state index in [0.29, 0.717) is 6.42 Å². The zero-order chi connectivity index (χ0) is 18.6.